The van der Waals surface area contributed by atoms with Crippen LogP contribution in [0.2, 0.25) is 0 Å². The molecule has 2 heterocycles. The Kier molecular flexibility index (Phi) is 3.93. The van der Waals surface area contributed by atoms with Crippen LogP contribution in [0.1, 0.15) is 20.7 Å². The fraction of sp³-hybridized carbons (Fsp3) is 0. The van der Waals surface area contributed by atoms with Gasteiger partial charge < -0.3 is 0 Å². The van der Waals surface area contributed by atoms with Gasteiger partial charge in [0.2, 0.25) is 0 Å². The second-order valence-electron chi connectivity index (χ2n) is 4.54. The van der Waals surface area contributed by atoms with E-state index in [0.29, 0.717) is 23.1 Å². The van der Waals surface area contributed by atoms with Gasteiger partial charge in [-0.2, -0.15) is 5.10 Å². The molecule has 2 aromatic heterocycles. The number of halogens is 1. The lowest BCUT2D eigenvalue weighted by Gasteiger charge is -2.00. The summed E-state index contributed by atoms with van der Waals surface area (Å²) in [6, 6.07) is 10.6. The normalized spacial score (nSPS) is 10.4. The van der Waals surface area contributed by atoms with Crippen LogP contribution in [-0.4, -0.2) is 27.0 Å². The third kappa shape index (κ3) is 2.73. The van der Waals surface area contributed by atoms with Crippen molar-refractivity contribution in [1.29, 1.82) is 0 Å². The minimum atomic E-state index is -0.311. The molecule has 0 amide bonds. The van der Waals surface area contributed by atoms with E-state index in [4.69, 9.17) is 0 Å². The summed E-state index contributed by atoms with van der Waals surface area (Å²) in [5.41, 5.74) is 2.07. The van der Waals surface area contributed by atoms with Crippen molar-refractivity contribution in [3.05, 3.63) is 70.6 Å². The highest BCUT2D eigenvalue weighted by atomic mass is 79.9. The number of hydrogen-bond acceptors (Lipinski definition) is 4. The molecule has 0 aliphatic rings. The van der Waals surface area contributed by atoms with Crippen molar-refractivity contribution >= 4 is 28.1 Å². The fourth-order valence-electron chi connectivity index (χ4n) is 2.04. The van der Waals surface area contributed by atoms with Crippen molar-refractivity contribution in [2.75, 3.05) is 0 Å². The summed E-state index contributed by atoms with van der Waals surface area (Å²) in [4.78, 5) is 27.5. The molecule has 0 radical (unpaired) electrons. The number of pyridine rings is 1. The molecule has 0 spiro atoms. The van der Waals surface area contributed by atoms with Gasteiger partial charge in [0.05, 0.1) is 5.56 Å². The number of aromatic nitrogens is 3. The third-order valence-corrected chi connectivity index (χ3v) is 3.65. The summed E-state index contributed by atoms with van der Waals surface area (Å²) < 4.78 is 2.10. The Balaban J connectivity index is 2.03. The summed E-state index contributed by atoms with van der Waals surface area (Å²) >= 11 is 3.36. The Bertz CT molecular complexity index is 826. The van der Waals surface area contributed by atoms with Crippen molar-refractivity contribution in [2.24, 2.45) is 0 Å². The summed E-state index contributed by atoms with van der Waals surface area (Å²) in [5.74, 6) is -0.311. The van der Waals surface area contributed by atoms with Crippen LogP contribution in [0.5, 0.6) is 0 Å². The quantitative estimate of drug-likeness (QED) is 0.676. The summed E-state index contributed by atoms with van der Waals surface area (Å²) in [6.07, 6.45) is 5.20. The molecule has 5 nitrogen and oxygen atoms in total. The lowest BCUT2D eigenvalue weighted by Crippen LogP contribution is -2.12. The summed E-state index contributed by atoms with van der Waals surface area (Å²) in [5, 5.41) is 4.26. The van der Waals surface area contributed by atoms with Gasteiger partial charge in [-0.3, -0.25) is 14.6 Å². The molecule has 3 rings (SSSR count). The number of aldehydes is 1. The molecule has 3 aromatic rings. The molecule has 0 aliphatic carbocycles. The van der Waals surface area contributed by atoms with Crippen LogP contribution >= 0.6 is 15.9 Å². The van der Waals surface area contributed by atoms with Crippen LogP contribution in [0, 0.1) is 0 Å². The first-order valence-electron chi connectivity index (χ1n) is 6.44. The van der Waals surface area contributed by atoms with E-state index in [-0.39, 0.29) is 5.91 Å². The SMILES string of the molecule is O=Cc1cn(C(=O)c2ccncc2)nc1-c1ccc(Br)cc1. The largest absolute Gasteiger partial charge is 0.298 e. The smallest absolute Gasteiger partial charge is 0.278 e. The molecular formula is C16H10BrN3O2. The molecule has 0 N–H and O–H groups in total. The van der Waals surface area contributed by atoms with Gasteiger partial charge in [-0.05, 0) is 24.3 Å². The Morgan fingerprint density at radius 3 is 2.41 bits per heavy atom. The van der Waals surface area contributed by atoms with Crippen molar-refractivity contribution in [3.63, 3.8) is 0 Å². The standard InChI is InChI=1S/C16H10BrN3O2/c17-14-3-1-11(2-4-14)15-13(10-21)9-20(19-15)16(22)12-5-7-18-8-6-12/h1-10H. The van der Waals surface area contributed by atoms with Crippen molar-refractivity contribution in [3.8, 4) is 11.3 Å². The van der Waals surface area contributed by atoms with Gasteiger partial charge in [-0.25, -0.2) is 4.68 Å². The highest BCUT2D eigenvalue weighted by Gasteiger charge is 2.15. The average molecular weight is 356 g/mol. The third-order valence-electron chi connectivity index (χ3n) is 3.12. The zero-order chi connectivity index (χ0) is 15.5. The number of hydrogen-bond donors (Lipinski definition) is 0. The Hall–Kier alpha value is -2.60. The molecule has 22 heavy (non-hydrogen) atoms. The Morgan fingerprint density at radius 1 is 1.09 bits per heavy atom. The van der Waals surface area contributed by atoms with Crippen LogP contribution in [0.3, 0.4) is 0 Å². The molecule has 6 heteroatoms. The summed E-state index contributed by atoms with van der Waals surface area (Å²) in [6.45, 7) is 0. The highest BCUT2D eigenvalue weighted by Crippen LogP contribution is 2.23. The number of carbonyl (C=O) groups excluding carboxylic acids is 2. The average Bonchev–Trinajstić information content (AvgIpc) is 3.00. The molecule has 0 aliphatic heterocycles. The molecule has 0 saturated heterocycles. The van der Waals surface area contributed by atoms with E-state index in [2.05, 4.69) is 26.0 Å². The number of nitrogens with zero attached hydrogens (tertiary/aromatic N) is 3. The zero-order valence-corrected chi connectivity index (χ0v) is 12.9. The van der Waals surface area contributed by atoms with E-state index in [9.17, 15) is 9.59 Å². The van der Waals surface area contributed by atoms with Gasteiger partial charge in [-0.15, -0.1) is 0 Å². The monoisotopic (exact) mass is 355 g/mol. The lowest BCUT2D eigenvalue weighted by molar-refractivity contribution is 0.0945. The van der Waals surface area contributed by atoms with Crippen LogP contribution in [0.4, 0.5) is 0 Å². The maximum absolute atomic E-state index is 12.4. The van der Waals surface area contributed by atoms with Crippen molar-refractivity contribution in [2.45, 2.75) is 0 Å². The molecule has 0 atom stereocenters. The second kappa shape index (κ2) is 6.03. The van der Waals surface area contributed by atoms with Gasteiger partial charge in [0, 0.05) is 34.2 Å². The summed E-state index contributed by atoms with van der Waals surface area (Å²) in [7, 11) is 0. The first-order chi connectivity index (χ1) is 10.7. The van der Waals surface area contributed by atoms with Gasteiger partial charge in [0.25, 0.3) is 5.91 Å². The Morgan fingerprint density at radius 2 is 1.77 bits per heavy atom. The molecule has 0 bridgehead atoms. The van der Waals surface area contributed by atoms with E-state index in [1.807, 2.05) is 24.3 Å². The first kappa shape index (κ1) is 14.3. The minimum absolute atomic E-state index is 0.311. The zero-order valence-electron chi connectivity index (χ0n) is 11.3. The van der Waals surface area contributed by atoms with Crippen molar-refractivity contribution < 1.29 is 9.59 Å². The van der Waals surface area contributed by atoms with Crippen LogP contribution in [-0.2, 0) is 0 Å². The molecule has 1 aromatic carbocycles. The lowest BCUT2D eigenvalue weighted by atomic mass is 10.1. The van der Waals surface area contributed by atoms with Crippen LogP contribution in [0.15, 0.2) is 59.5 Å². The van der Waals surface area contributed by atoms with Gasteiger partial charge in [0.15, 0.2) is 6.29 Å². The van der Waals surface area contributed by atoms with Gasteiger partial charge in [-0.1, -0.05) is 28.1 Å². The number of rotatable bonds is 3. The Labute approximate surface area is 134 Å². The van der Waals surface area contributed by atoms with Crippen LogP contribution < -0.4 is 0 Å². The van der Waals surface area contributed by atoms with Gasteiger partial charge >= 0.3 is 0 Å². The highest BCUT2D eigenvalue weighted by molar-refractivity contribution is 9.10. The van der Waals surface area contributed by atoms with Gasteiger partial charge in [0.1, 0.15) is 5.69 Å². The van der Waals surface area contributed by atoms with Crippen LogP contribution in [0.25, 0.3) is 11.3 Å². The topological polar surface area (TPSA) is 64.8 Å². The minimum Gasteiger partial charge on any atom is -0.298 e. The maximum Gasteiger partial charge on any atom is 0.278 e. The maximum atomic E-state index is 12.4. The van der Waals surface area contributed by atoms with E-state index in [1.165, 1.54) is 23.3 Å². The van der Waals surface area contributed by atoms with E-state index < -0.39 is 0 Å². The van der Waals surface area contributed by atoms with E-state index in [0.717, 1.165) is 10.0 Å². The molecule has 0 saturated carbocycles. The molecule has 0 unspecified atom stereocenters. The fourth-order valence-corrected chi connectivity index (χ4v) is 2.30. The van der Waals surface area contributed by atoms with E-state index in [1.54, 1.807) is 12.1 Å². The molecule has 0 fully saturated rings. The predicted octanol–water partition coefficient (Wildman–Crippen LogP) is 3.21. The number of benzene rings is 1. The second-order valence-corrected chi connectivity index (χ2v) is 5.46. The van der Waals surface area contributed by atoms with E-state index >= 15 is 0 Å². The molecule has 108 valence electrons. The number of carbonyl (C=O) groups is 2. The predicted molar refractivity (Wildman–Crippen MR) is 84.7 cm³/mol. The van der Waals surface area contributed by atoms with Crippen molar-refractivity contribution in [1.82, 2.24) is 14.8 Å². The molecular weight excluding hydrogens is 346 g/mol. The first-order valence-corrected chi connectivity index (χ1v) is 7.24.